The van der Waals surface area contributed by atoms with Gasteiger partial charge in [-0.1, -0.05) is 109 Å². The summed E-state index contributed by atoms with van der Waals surface area (Å²) in [6, 6.07) is 11.6. The maximum Gasteiger partial charge on any atom is 1.00 e. The summed E-state index contributed by atoms with van der Waals surface area (Å²) in [7, 11) is -3.19. The quantitative estimate of drug-likeness (QED) is 0.0501. The van der Waals surface area contributed by atoms with Crippen LogP contribution in [0, 0.1) is 0 Å². The average molecular weight is 658 g/mol. The third kappa shape index (κ3) is 17.0. The Hall–Kier alpha value is -1.11. The first-order valence-electron chi connectivity index (χ1n) is 15.9. The van der Waals surface area contributed by atoms with Gasteiger partial charge >= 0.3 is 51.4 Å². The van der Waals surface area contributed by atoms with Gasteiger partial charge in [0.05, 0.1) is 11.5 Å². The summed E-state index contributed by atoms with van der Waals surface area (Å²) in [5, 5.41) is 2.46. The van der Waals surface area contributed by atoms with E-state index in [1.807, 2.05) is 0 Å². The van der Waals surface area contributed by atoms with Crippen LogP contribution in [0.1, 0.15) is 121 Å². The Morgan fingerprint density at radius 2 is 1.30 bits per heavy atom. The number of carbonyl (C=O) groups is 2. The van der Waals surface area contributed by atoms with Gasteiger partial charge < -0.3 is 16.2 Å². The first-order chi connectivity index (χ1) is 20.8. The topological polar surface area (TPSA) is 119 Å². The summed E-state index contributed by atoms with van der Waals surface area (Å²) < 4.78 is 42.9. The molecule has 2 aromatic rings. The molecule has 0 radical (unpaired) electrons. The molecular formula is C34H52KNO7S. The molecule has 10 heteroatoms. The molecule has 0 aromatic heterocycles. The van der Waals surface area contributed by atoms with Gasteiger partial charge in [0.15, 0.2) is 6.10 Å². The molecule has 242 valence electrons. The minimum absolute atomic E-state index is 0. The summed E-state index contributed by atoms with van der Waals surface area (Å²) >= 11 is 0. The zero-order valence-corrected chi connectivity index (χ0v) is 31.0. The molecule has 0 aliphatic carbocycles. The fourth-order valence-corrected chi connectivity index (χ4v) is 5.51. The van der Waals surface area contributed by atoms with E-state index in [1.54, 1.807) is 24.3 Å². The van der Waals surface area contributed by atoms with E-state index in [0.717, 1.165) is 18.9 Å². The van der Waals surface area contributed by atoms with E-state index >= 15 is 0 Å². The van der Waals surface area contributed by atoms with E-state index in [1.165, 1.54) is 115 Å². The predicted octanol–water partition coefficient (Wildman–Crippen LogP) is 5.53. The Morgan fingerprint density at radius 1 is 0.795 bits per heavy atom. The van der Waals surface area contributed by atoms with Crippen LogP contribution in [0.4, 0.5) is 5.69 Å². The third-order valence-electron chi connectivity index (χ3n) is 7.52. The smallest absolute Gasteiger partial charge is 1.00 e. The van der Waals surface area contributed by atoms with Gasteiger partial charge in [-0.25, -0.2) is 0 Å². The number of unbranched alkanes of at least 4 members (excludes halogenated alkanes) is 15. The van der Waals surface area contributed by atoms with Gasteiger partial charge in [0.1, 0.15) is 5.75 Å². The molecule has 0 aliphatic rings. The Bertz CT molecular complexity index is 1200. The zero-order valence-electron chi connectivity index (χ0n) is 28.0. The van der Waals surface area contributed by atoms with Gasteiger partial charge in [0, 0.05) is 18.4 Å². The largest absolute Gasteiger partial charge is 1.00 e. The second-order valence-electron chi connectivity index (χ2n) is 11.1. The zero-order chi connectivity index (χ0) is 31.3. The molecule has 0 saturated heterocycles. The van der Waals surface area contributed by atoms with E-state index in [0.29, 0.717) is 12.4 Å². The molecule has 2 aromatic carbocycles. The van der Waals surface area contributed by atoms with E-state index in [-0.39, 0.29) is 69.0 Å². The van der Waals surface area contributed by atoms with Crippen LogP contribution in [0.25, 0.3) is 0 Å². The minimum Gasteiger partial charge on any atom is -1.00 e. The van der Waals surface area contributed by atoms with Crippen molar-refractivity contribution in [2.75, 3.05) is 19.0 Å². The number of nitrogens with one attached hydrogen (secondary N) is 1. The van der Waals surface area contributed by atoms with Crippen molar-refractivity contribution in [3.05, 3.63) is 54.1 Å². The van der Waals surface area contributed by atoms with Crippen LogP contribution in [0.15, 0.2) is 53.4 Å². The fourth-order valence-electron chi connectivity index (χ4n) is 4.98. The molecule has 1 unspecified atom stereocenters. The number of amides is 1. The molecule has 0 bridgehead atoms. The first-order valence-corrected chi connectivity index (χ1v) is 17.4. The summed E-state index contributed by atoms with van der Waals surface area (Å²) in [6.07, 6.45) is 19.7. The van der Waals surface area contributed by atoms with Crippen LogP contribution in [0.5, 0.6) is 5.75 Å². The molecule has 1 atom stereocenters. The van der Waals surface area contributed by atoms with Crippen LogP contribution in [-0.2, 0) is 19.6 Å². The normalized spacial score (nSPS) is 11.9. The van der Waals surface area contributed by atoms with Crippen molar-refractivity contribution in [2.45, 2.75) is 121 Å². The molecule has 0 spiro atoms. The van der Waals surface area contributed by atoms with Crippen molar-refractivity contribution in [3.8, 4) is 5.75 Å². The van der Waals surface area contributed by atoms with Crippen LogP contribution in [0.2, 0.25) is 0 Å². The molecule has 8 nitrogen and oxygen atoms in total. The number of benzene rings is 2. The Kier molecular flexibility index (Phi) is 22.4. The first kappa shape index (κ1) is 40.9. The van der Waals surface area contributed by atoms with Crippen molar-refractivity contribution in [3.63, 3.8) is 0 Å². The second kappa shape index (κ2) is 24.1. The maximum atomic E-state index is 12.9. The summed E-state index contributed by atoms with van der Waals surface area (Å²) in [4.78, 5) is 25.2. The summed E-state index contributed by atoms with van der Waals surface area (Å²) in [5.74, 6) is -0.656. The Labute approximate surface area is 309 Å². The van der Waals surface area contributed by atoms with Gasteiger partial charge in [0.2, 0.25) is 5.78 Å². The van der Waals surface area contributed by atoms with E-state index < -0.39 is 27.9 Å². The Morgan fingerprint density at radius 3 is 1.77 bits per heavy atom. The standard InChI is InChI=1S/C34H51NO7S.K.H/c1-3-4-5-6-7-8-9-10-11-12-13-14-15-16-17-18-26-42-30-24-22-28(23-25-30)32(36)33(41-2)34(37)35-29-20-19-21-31(27-29)43(38,39)40;;/h19-25,27,33H,3-18,26H2,1-2H3,(H,35,37)(H,38,39,40);;/q;+1;-1. The molecule has 2 N–H and O–H groups in total. The number of ketones is 1. The average Bonchev–Trinajstić information content (AvgIpc) is 2.99. The van der Waals surface area contributed by atoms with Crippen LogP contribution in [-0.4, -0.2) is 44.5 Å². The number of ether oxygens (including phenoxy) is 2. The number of methoxy groups -OCH3 is 1. The van der Waals surface area contributed by atoms with Crippen LogP contribution >= 0.6 is 0 Å². The van der Waals surface area contributed by atoms with Crippen LogP contribution in [0.3, 0.4) is 0 Å². The minimum atomic E-state index is -4.43. The van der Waals surface area contributed by atoms with Gasteiger partial charge in [-0.2, -0.15) is 8.42 Å². The van der Waals surface area contributed by atoms with E-state index in [9.17, 15) is 22.6 Å². The SMILES string of the molecule is CCCCCCCCCCCCCCCCCCOc1ccc(C(=O)C(OC)C(=O)Nc2cccc(S(=O)(=O)O)c2)cc1.[H-].[K+]. The number of Topliss-reactive ketones (excluding diaryl/α,β-unsaturated/α-hetero) is 1. The number of hydrogen-bond acceptors (Lipinski definition) is 6. The van der Waals surface area contributed by atoms with Crippen molar-refractivity contribution in [2.24, 2.45) is 0 Å². The van der Waals surface area contributed by atoms with E-state index in [2.05, 4.69) is 12.2 Å². The molecule has 0 heterocycles. The Balaban J connectivity index is 0.00000968. The predicted molar refractivity (Wildman–Crippen MR) is 173 cm³/mol. The number of anilines is 1. The molecule has 1 amide bonds. The molecular weight excluding hydrogens is 606 g/mol. The third-order valence-corrected chi connectivity index (χ3v) is 8.37. The molecule has 0 fully saturated rings. The fraction of sp³-hybridized carbons (Fsp3) is 0.588. The number of rotatable bonds is 24. The van der Waals surface area contributed by atoms with Gasteiger partial charge in [0.25, 0.3) is 16.0 Å². The summed E-state index contributed by atoms with van der Waals surface area (Å²) in [5.41, 5.74) is 0.385. The number of hydrogen-bond donors (Lipinski definition) is 2. The maximum absolute atomic E-state index is 12.9. The van der Waals surface area contributed by atoms with Gasteiger partial charge in [-0.05, 0) is 48.9 Å². The number of carbonyl (C=O) groups excluding carboxylic acids is 2. The molecule has 2 rings (SSSR count). The van der Waals surface area contributed by atoms with Crippen molar-refractivity contribution in [1.82, 2.24) is 0 Å². The van der Waals surface area contributed by atoms with Crippen LogP contribution < -0.4 is 61.4 Å². The summed E-state index contributed by atoms with van der Waals surface area (Å²) in [6.45, 7) is 2.87. The van der Waals surface area contributed by atoms with Crippen molar-refractivity contribution < 1.29 is 84.8 Å². The van der Waals surface area contributed by atoms with Crippen molar-refractivity contribution in [1.29, 1.82) is 0 Å². The van der Waals surface area contributed by atoms with E-state index in [4.69, 9.17) is 9.47 Å². The van der Waals surface area contributed by atoms with Crippen molar-refractivity contribution >= 4 is 27.5 Å². The molecule has 0 saturated carbocycles. The molecule has 44 heavy (non-hydrogen) atoms. The van der Waals surface area contributed by atoms with Gasteiger partial charge in [-0.15, -0.1) is 0 Å². The molecule has 0 aliphatic heterocycles. The second-order valence-corrected chi connectivity index (χ2v) is 12.6. The van der Waals surface area contributed by atoms with Gasteiger partial charge in [-0.3, -0.25) is 14.1 Å². The monoisotopic (exact) mass is 657 g/mol.